The molecule has 18 heavy (non-hydrogen) atoms. The zero-order valence-electron chi connectivity index (χ0n) is 10.3. The molecule has 0 bridgehead atoms. The fourth-order valence-corrected chi connectivity index (χ4v) is 1.07. The second-order valence-electron chi connectivity index (χ2n) is 4.18. The van der Waals surface area contributed by atoms with Crippen LogP contribution < -0.4 is 4.74 Å². The van der Waals surface area contributed by atoms with Gasteiger partial charge in [0.1, 0.15) is 16.9 Å². The molecule has 1 aromatic rings. The van der Waals surface area contributed by atoms with Crippen LogP contribution in [0.3, 0.4) is 0 Å². The summed E-state index contributed by atoms with van der Waals surface area (Å²) in [7, 11) is 0. The summed E-state index contributed by atoms with van der Waals surface area (Å²) < 4.78 is 5.13. The molecule has 0 atom stereocenters. The molecule has 0 aliphatic carbocycles. The normalized spacial score (nSPS) is 11.3. The number of carbonyl (C=O) groups is 1. The number of aromatic carboxylic acids is 1. The van der Waals surface area contributed by atoms with Crippen molar-refractivity contribution in [3.8, 4) is 5.75 Å². The van der Waals surface area contributed by atoms with Crippen molar-refractivity contribution in [3.63, 3.8) is 0 Å². The van der Waals surface area contributed by atoms with Gasteiger partial charge in [0.25, 0.3) is 0 Å². The highest BCUT2D eigenvalue weighted by molar-refractivity contribution is 5.90. The summed E-state index contributed by atoms with van der Waals surface area (Å²) in [6, 6.07) is 6.20. The van der Waals surface area contributed by atoms with E-state index in [1.54, 1.807) is 26.0 Å². The molecular formula is C12H16O6. The van der Waals surface area contributed by atoms with E-state index in [0.29, 0.717) is 0 Å². The van der Waals surface area contributed by atoms with Gasteiger partial charge in [0.15, 0.2) is 0 Å². The molecule has 0 amide bonds. The Morgan fingerprint density at radius 3 is 2.61 bits per heavy atom. The van der Waals surface area contributed by atoms with Gasteiger partial charge in [0.2, 0.25) is 6.79 Å². The number of aliphatic hydroxyl groups excluding tert-OH is 1. The molecular weight excluding hydrogens is 240 g/mol. The zero-order valence-corrected chi connectivity index (χ0v) is 10.3. The van der Waals surface area contributed by atoms with Crippen LogP contribution in [0, 0.1) is 0 Å². The fourth-order valence-electron chi connectivity index (χ4n) is 1.07. The minimum atomic E-state index is -1.08. The SMILES string of the molecule is CC(C)(CO)OOCOc1ccccc1C(=O)O. The van der Waals surface area contributed by atoms with Crippen LogP contribution in [0.15, 0.2) is 24.3 Å². The third-order valence-corrected chi connectivity index (χ3v) is 2.05. The molecule has 0 unspecified atom stereocenters. The van der Waals surface area contributed by atoms with Gasteiger partial charge >= 0.3 is 5.97 Å². The first kappa shape index (κ1) is 14.4. The van der Waals surface area contributed by atoms with E-state index in [1.807, 2.05) is 0 Å². The van der Waals surface area contributed by atoms with Gasteiger partial charge < -0.3 is 14.9 Å². The highest BCUT2D eigenvalue weighted by Gasteiger charge is 2.18. The largest absolute Gasteiger partial charge is 0.478 e. The topological polar surface area (TPSA) is 85.2 Å². The maximum Gasteiger partial charge on any atom is 0.339 e. The van der Waals surface area contributed by atoms with E-state index in [9.17, 15) is 4.79 Å². The van der Waals surface area contributed by atoms with Crippen molar-refractivity contribution in [1.82, 2.24) is 0 Å². The molecule has 0 saturated carbocycles. The molecule has 0 aromatic heterocycles. The highest BCUT2D eigenvalue weighted by Crippen LogP contribution is 2.18. The summed E-state index contributed by atoms with van der Waals surface area (Å²) in [5.74, 6) is -0.891. The zero-order chi connectivity index (χ0) is 13.6. The van der Waals surface area contributed by atoms with Crippen LogP contribution in [0.2, 0.25) is 0 Å². The minimum absolute atomic E-state index is 0.0440. The van der Waals surface area contributed by atoms with Gasteiger partial charge in [0.05, 0.1) is 6.61 Å². The van der Waals surface area contributed by atoms with Gasteiger partial charge in [-0.3, -0.25) is 0 Å². The van der Waals surface area contributed by atoms with Crippen molar-refractivity contribution in [2.24, 2.45) is 0 Å². The van der Waals surface area contributed by atoms with Gasteiger partial charge in [-0.05, 0) is 26.0 Å². The first-order valence-corrected chi connectivity index (χ1v) is 5.33. The monoisotopic (exact) mass is 256 g/mol. The third kappa shape index (κ3) is 4.33. The summed E-state index contributed by atoms with van der Waals surface area (Å²) in [6.45, 7) is 2.79. The van der Waals surface area contributed by atoms with E-state index in [0.717, 1.165) is 0 Å². The molecule has 1 aromatic carbocycles. The highest BCUT2D eigenvalue weighted by atomic mass is 17.2. The smallest absolute Gasteiger partial charge is 0.339 e. The van der Waals surface area contributed by atoms with E-state index in [2.05, 4.69) is 0 Å². The van der Waals surface area contributed by atoms with E-state index in [1.165, 1.54) is 12.1 Å². The molecule has 0 aliphatic heterocycles. The predicted octanol–water partition coefficient (Wildman–Crippen LogP) is 1.44. The molecule has 6 nitrogen and oxygen atoms in total. The Balaban J connectivity index is 2.47. The van der Waals surface area contributed by atoms with E-state index in [4.69, 9.17) is 24.7 Å². The standard InChI is InChI=1S/C12H16O6/c1-12(2,7-13)18-17-8-16-10-6-4-3-5-9(10)11(14)15/h3-6,13H,7-8H2,1-2H3,(H,14,15). The van der Waals surface area contributed by atoms with Crippen molar-refractivity contribution in [2.45, 2.75) is 19.4 Å². The van der Waals surface area contributed by atoms with Crippen molar-refractivity contribution in [2.75, 3.05) is 13.4 Å². The number of carboxylic acid groups (broad SMARTS) is 1. The van der Waals surface area contributed by atoms with Crippen molar-refractivity contribution >= 4 is 5.97 Å². The number of para-hydroxylation sites is 1. The summed E-state index contributed by atoms with van der Waals surface area (Å²) >= 11 is 0. The maximum atomic E-state index is 10.9. The number of ether oxygens (including phenoxy) is 1. The van der Waals surface area contributed by atoms with Crippen LogP contribution >= 0.6 is 0 Å². The molecule has 2 N–H and O–H groups in total. The number of aliphatic hydroxyl groups is 1. The van der Waals surface area contributed by atoms with Crippen LogP contribution in [0.4, 0.5) is 0 Å². The average molecular weight is 256 g/mol. The summed E-state index contributed by atoms with van der Waals surface area (Å²) in [5, 5.41) is 17.8. The van der Waals surface area contributed by atoms with Crippen molar-refractivity contribution < 1.29 is 29.5 Å². The molecule has 0 aliphatic rings. The Labute approximate surface area is 105 Å². The molecule has 0 fully saturated rings. The van der Waals surface area contributed by atoms with E-state index in [-0.39, 0.29) is 24.7 Å². The van der Waals surface area contributed by atoms with Crippen LogP contribution in [-0.4, -0.2) is 35.2 Å². The van der Waals surface area contributed by atoms with Gasteiger partial charge in [-0.1, -0.05) is 12.1 Å². The molecule has 1 rings (SSSR count). The van der Waals surface area contributed by atoms with Crippen LogP contribution in [0.1, 0.15) is 24.2 Å². The molecule has 0 spiro atoms. The second kappa shape index (κ2) is 6.34. The number of hydrogen-bond donors (Lipinski definition) is 2. The number of benzene rings is 1. The Morgan fingerprint density at radius 1 is 1.33 bits per heavy atom. The lowest BCUT2D eigenvalue weighted by molar-refractivity contribution is -0.379. The number of rotatable bonds is 7. The maximum absolute atomic E-state index is 10.9. The quantitative estimate of drug-likeness (QED) is 0.332. The Morgan fingerprint density at radius 2 is 2.00 bits per heavy atom. The minimum Gasteiger partial charge on any atom is -0.478 e. The lowest BCUT2D eigenvalue weighted by Crippen LogP contribution is -2.29. The molecule has 0 heterocycles. The van der Waals surface area contributed by atoms with Crippen LogP contribution in [-0.2, 0) is 9.78 Å². The molecule has 100 valence electrons. The number of hydrogen-bond acceptors (Lipinski definition) is 5. The van der Waals surface area contributed by atoms with Crippen molar-refractivity contribution in [1.29, 1.82) is 0 Å². The molecule has 0 radical (unpaired) electrons. The molecule has 0 saturated heterocycles. The Bertz CT molecular complexity index is 401. The lowest BCUT2D eigenvalue weighted by Gasteiger charge is -2.20. The van der Waals surface area contributed by atoms with Crippen molar-refractivity contribution in [3.05, 3.63) is 29.8 Å². The fraction of sp³-hybridized carbons (Fsp3) is 0.417. The second-order valence-corrected chi connectivity index (χ2v) is 4.18. The van der Waals surface area contributed by atoms with E-state index < -0.39 is 11.6 Å². The lowest BCUT2D eigenvalue weighted by atomic mass is 10.2. The van der Waals surface area contributed by atoms with Gasteiger partial charge in [-0.2, -0.15) is 4.89 Å². The average Bonchev–Trinajstić information content (AvgIpc) is 2.35. The molecule has 6 heteroatoms. The van der Waals surface area contributed by atoms with Gasteiger partial charge in [-0.25, -0.2) is 9.68 Å². The van der Waals surface area contributed by atoms with Gasteiger partial charge in [-0.15, -0.1) is 0 Å². The summed E-state index contributed by atoms with van der Waals surface area (Å²) in [6.07, 6.45) is 0. The Kier molecular flexibility index (Phi) is 5.08. The van der Waals surface area contributed by atoms with Gasteiger partial charge in [0, 0.05) is 0 Å². The first-order valence-electron chi connectivity index (χ1n) is 5.33. The summed E-state index contributed by atoms with van der Waals surface area (Å²) in [5.41, 5.74) is -0.794. The number of carboxylic acids is 1. The van der Waals surface area contributed by atoms with E-state index >= 15 is 0 Å². The summed E-state index contributed by atoms with van der Waals surface area (Å²) in [4.78, 5) is 20.5. The van der Waals surface area contributed by atoms with Crippen LogP contribution in [0.25, 0.3) is 0 Å². The first-order chi connectivity index (χ1) is 8.46. The predicted molar refractivity (Wildman–Crippen MR) is 62.2 cm³/mol. The Hall–Kier alpha value is -1.63. The van der Waals surface area contributed by atoms with Crippen LogP contribution in [0.5, 0.6) is 5.75 Å². The third-order valence-electron chi connectivity index (χ3n) is 2.05.